The van der Waals surface area contributed by atoms with E-state index in [-0.39, 0.29) is 18.4 Å². The first-order valence-electron chi connectivity index (χ1n) is 10.6. The molecular formula is C26H26ClN3O3S. The fraction of sp³-hybridized carbons (Fsp3) is 0.192. The summed E-state index contributed by atoms with van der Waals surface area (Å²) < 4.78 is 5.50. The number of nitrogens with zero attached hydrogens (tertiary/aromatic N) is 1. The average Bonchev–Trinajstić information content (AvgIpc) is 2.78. The molecule has 3 aromatic carbocycles. The standard InChI is InChI=1S/C26H26ClN3O3S/c1-18-10-19(2)12-21(11-18)16-34-17-26(32)30-28-14-20-6-8-24(9-7-20)33-15-25(31)29-23-5-3-4-22(27)13-23/h3-14H,15-17H2,1-2H3,(H,29,31)(H,30,32)/b28-14+. The van der Waals surface area contributed by atoms with Crippen LogP contribution in [0, 0.1) is 13.8 Å². The molecule has 0 radical (unpaired) electrons. The first-order chi connectivity index (χ1) is 16.4. The van der Waals surface area contributed by atoms with Crippen molar-refractivity contribution in [3.8, 4) is 5.75 Å². The summed E-state index contributed by atoms with van der Waals surface area (Å²) >= 11 is 7.45. The topological polar surface area (TPSA) is 79.8 Å². The number of carbonyl (C=O) groups excluding carboxylic acids is 2. The molecular weight excluding hydrogens is 470 g/mol. The Hall–Kier alpha value is -3.29. The molecule has 0 heterocycles. The van der Waals surface area contributed by atoms with Crippen LogP contribution in [-0.2, 0) is 15.3 Å². The number of carbonyl (C=O) groups is 2. The summed E-state index contributed by atoms with van der Waals surface area (Å²) in [5, 5.41) is 7.26. The van der Waals surface area contributed by atoms with Crippen LogP contribution >= 0.6 is 23.4 Å². The van der Waals surface area contributed by atoms with E-state index in [9.17, 15) is 9.59 Å². The van der Waals surface area contributed by atoms with E-state index in [1.54, 1.807) is 66.5 Å². The number of nitrogens with one attached hydrogen (secondary N) is 2. The summed E-state index contributed by atoms with van der Waals surface area (Å²) in [5.41, 5.74) is 7.60. The van der Waals surface area contributed by atoms with Crippen LogP contribution in [0.5, 0.6) is 5.75 Å². The van der Waals surface area contributed by atoms with E-state index in [0.717, 1.165) is 11.3 Å². The Morgan fingerprint density at radius 2 is 1.74 bits per heavy atom. The molecule has 3 aromatic rings. The number of rotatable bonds is 10. The fourth-order valence-electron chi connectivity index (χ4n) is 3.19. The normalized spacial score (nSPS) is 10.8. The molecule has 0 aliphatic rings. The highest BCUT2D eigenvalue weighted by atomic mass is 35.5. The van der Waals surface area contributed by atoms with Crippen molar-refractivity contribution in [2.75, 3.05) is 17.7 Å². The van der Waals surface area contributed by atoms with Crippen LogP contribution in [0.3, 0.4) is 0 Å². The van der Waals surface area contributed by atoms with Crippen molar-refractivity contribution >= 4 is 47.1 Å². The Bertz CT molecular complexity index is 1150. The number of amides is 2. The summed E-state index contributed by atoms with van der Waals surface area (Å²) in [6.45, 7) is 4.01. The summed E-state index contributed by atoms with van der Waals surface area (Å²) in [4.78, 5) is 24.0. The zero-order valence-corrected chi connectivity index (χ0v) is 20.6. The van der Waals surface area contributed by atoms with Gasteiger partial charge in [0.05, 0.1) is 12.0 Å². The van der Waals surface area contributed by atoms with Gasteiger partial charge >= 0.3 is 0 Å². The molecule has 6 nitrogen and oxygen atoms in total. The van der Waals surface area contributed by atoms with Gasteiger partial charge in [-0.3, -0.25) is 9.59 Å². The first kappa shape index (κ1) is 25.3. The van der Waals surface area contributed by atoms with Gasteiger partial charge in [-0.15, -0.1) is 11.8 Å². The van der Waals surface area contributed by atoms with E-state index in [4.69, 9.17) is 16.3 Å². The molecule has 0 bridgehead atoms. The smallest absolute Gasteiger partial charge is 0.262 e. The van der Waals surface area contributed by atoms with E-state index < -0.39 is 0 Å². The second-order valence-corrected chi connectivity index (χ2v) is 9.12. The van der Waals surface area contributed by atoms with Crippen molar-refractivity contribution in [2.45, 2.75) is 19.6 Å². The van der Waals surface area contributed by atoms with Gasteiger partial charge in [-0.25, -0.2) is 5.43 Å². The minimum absolute atomic E-state index is 0.129. The number of aryl methyl sites for hydroxylation is 2. The molecule has 0 saturated heterocycles. The molecule has 176 valence electrons. The largest absolute Gasteiger partial charge is 0.484 e. The molecule has 0 atom stereocenters. The molecule has 34 heavy (non-hydrogen) atoms. The number of benzene rings is 3. The Morgan fingerprint density at radius 1 is 1.00 bits per heavy atom. The summed E-state index contributed by atoms with van der Waals surface area (Å²) in [6, 6.07) is 20.3. The second kappa shape index (κ2) is 12.8. The van der Waals surface area contributed by atoms with Gasteiger partial charge in [-0.1, -0.05) is 47.0 Å². The third kappa shape index (κ3) is 8.92. The highest BCUT2D eigenvalue weighted by Crippen LogP contribution is 2.17. The third-order valence-corrected chi connectivity index (χ3v) is 5.78. The van der Waals surface area contributed by atoms with Crippen LogP contribution < -0.4 is 15.5 Å². The Morgan fingerprint density at radius 3 is 2.44 bits per heavy atom. The van der Waals surface area contributed by atoms with Crippen molar-refractivity contribution in [1.29, 1.82) is 0 Å². The van der Waals surface area contributed by atoms with Crippen molar-refractivity contribution in [2.24, 2.45) is 5.10 Å². The van der Waals surface area contributed by atoms with E-state index in [0.29, 0.717) is 22.2 Å². The molecule has 2 N–H and O–H groups in total. The van der Waals surface area contributed by atoms with Crippen LogP contribution in [0.2, 0.25) is 5.02 Å². The van der Waals surface area contributed by atoms with Crippen LogP contribution in [0.15, 0.2) is 71.8 Å². The molecule has 2 amide bonds. The Balaban J connectivity index is 1.36. The van der Waals surface area contributed by atoms with Gasteiger partial charge in [-0.2, -0.15) is 5.10 Å². The molecule has 0 saturated carbocycles. The molecule has 3 rings (SSSR count). The maximum atomic E-state index is 12.0. The Kier molecular flexibility index (Phi) is 9.55. The van der Waals surface area contributed by atoms with Crippen LogP contribution in [0.1, 0.15) is 22.3 Å². The lowest BCUT2D eigenvalue weighted by Gasteiger charge is -2.08. The number of halogens is 1. The maximum Gasteiger partial charge on any atom is 0.262 e. The minimum atomic E-state index is -0.286. The molecule has 8 heteroatoms. The summed E-state index contributed by atoms with van der Waals surface area (Å²) in [5.74, 6) is 1.21. The lowest BCUT2D eigenvalue weighted by Crippen LogP contribution is -2.20. The molecule has 0 aliphatic carbocycles. The summed E-state index contributed by atoms with van der Waals surface area (Å²) in [7, 11) is 0. The van der Waals surface area contributed by atoms with Crippen molar-refractivity contribution in [3.05, 3.63) is 94.0 Å². The molecule has 0 spiro atoms. The van der Waals surface area contributed by atoms with Crippen molar-refractivity contribution in [1.82, 2.24) is 5.43 Å². The van der Waals surface area contributed by atoms with Crippen LogP contribution in [0.25, 0.3) is 0 Å². The lowest BCUT2D eigenvalue weighted by atomic mass is 10.1. The number of hydrazone groups is 1. The number of hydrogen-bond donors (Lipinski definition) is 2. The predicted molar refractivity (Wildman–Crippen MR) is 140 cm³/mol. The van der Waals surface area contributed by atoms with E-state index >= 15 is 0 Å². The predicted octanol–water partition coefficient (Wildman–Crippen LogP) is 5.36. The quantitative estimate of drug-likeness (QED) is 0.293. The van der Waals surface area contributed by atoms with Gasteiger partial charge in [0.25, 0.3) is 5.91 Å². The third-order valence-electron chi connectivity index (χ3n) is 4.54. The first-order valence-corrected chi connectivity index (χ1v) is 12.2. The highest BCUT2D eigenvalue weighted by Gasteiger charge is 2.05. The van der Waals surface area contributed by atoms with Gasteiger partial charge in [0.1, 0.15) is 5.75 Å². The number of anilines is 1. The number of ether oxygens (including phenoxy) is 1. The SMILES string of the molecule is Cc1cc(C)cc(CSCC(=O)N/N=C/c2ccc(OCC(=O)Nc3cccc(Cl)c3)cc2)c1. The van der Waals surface area contributed by atoms with Gasteiger partial charge in [-0.05, 0) is 67.4 Å². The zero-order chi connectivity index (χ0) is 24.3. The lowest BCUT2D eigenvalue weighted by molar-refractivity contribution is -0.119. The van der Waals surface area contributed by atoms with Crippen LogP contribution in [-0.4, -0.2) is 30.4 Å². The number of thioether (sulfide) groups is 1. The Labute approximate surface area is 208 Å². The fourth-order valence-corrected chi connectivity index (χ4v) is 4.13. The van der Waals surface area contributed by atoms with Gasteiger partial charge in [0.15, 0.2) is 6.61 Å². The highest BCUT2D eigenvalue weighted by molar-refractivity contribution is 7.99. The average molecular weight is 496 g/mol. The monoisotopic (exact) mass is 495 g/mol. The molecule has 0 aromatic heterocycles. The molecule has 0 fully saturated rings. The van der Waals surface area contributed by atoms with Gasteiger partial charge < -0.3 is 10.1 Å². The van der Waals surface area contributed by atoms with Crippen LogP contribution in [0.4, 0.5) is 5.69 Å². The minimum Gasteiger partial charge on any atom is -0.484 e. The molecule has 0 unspecified atom stereocenters. The number of hydrogen-bond acceptors (Lipinski definition) is 5. The van der Waals surface area contributed by atoms with Crippen molar-refractivity contribution in [3.63, 3.8) is 0 Å². The van der Waals surface area contributed by atoms with Gasteiger partial charge in [0.2, 0.25) is 5.91 Å². The zero-order valence-electron chi connectivity index (χ0n) is 19.0. The maximum absolute atomic E-state index is 12.0. The summed E-state index contributed by atoms with van der Waals surface area (Å²) in [6.07, 6.45) is 1.56. The second-order valence-electron chi connectivity index (χ2n) is 7.70. The van der Waals surface area contributed by atoms with E-state index in [2.05, 4.69) is 47.9 Å². The van der Waals surface area contributed by atoms with E-state index in [1.165, 1.54) is 16.7 Å². The van der Waals surface area contributed by atoms with E-state index in [1.807, 2.05) is 0 Å². The van der Waals surface area contributed by atoms with Crippen molar-refractivity contribution < 1.29 is 14.3 Å². The molecule has 0 aliphatic heterocycles. The van der Waals surface area contributed by atoms with Gasteiger partial charge in [0, 0.05) is 16.5 Å².